The molecule has 1 N–H and O–H groups in total. The summed E-state index contributed by atoms with van der Waals surface area (Å²) in [7, 11) is 3.17. The van der Waals surface area contributed by atoms with Crippen molar-refractivity contribution in [2.45, 2.75) is 0 Å². The van der Waals surface area contributed by atoms with Gasteiger partial charge in [-0.1, -0.05) is 24.3 Å². The Labute approximate surface area is 133 Å². The number of aromatic amines is 1. The van der Waals surface area contributed by atoms with Crippen LogP contribution in [0.4, 0.5) is 0 Å². The van der Waals surface area contributed by atoms with Crippen molar-refractivity contribution < 1.29 is 14.3 Å². The summed E-state index contributed by atoms with van der Waals surface area (Å²) in [5, 5.41) is 7.09. The SMILES string of the molecule is COc1cc(OC)cc(-c2n[nH]c(-c3ccccc3C=O)n2)c1. The number of hydrogen-bond acceptors (Lipinski definition) is 5. The molecular weight excluding hydrogens is 294 g/mol. The lowest BCUT2D eigenvalue weighted by Crippen LogP contribution is -1.90. The van der Waals surface area contributed by atoms with Crippen LogP contribution in [0.5, 0.6) is 11.5 Å². The lowest BCUT2D eigenvalue weighted by molar-refractivity contribution is 0.112. The highest BCUT2D eigenvalue weighted by Gasteiger charge is 2.12. The molecule has 3 rings (SSSR count). The van der Waals surface area contributed by atoms with Gasteiger partial charge in [-0.15, -0.1) is 0 Å². The number of nitrogens with zero attached hydrogens (tertiary/aromatic N) is 2. The fourth-order valence-electron chi connectivity index (χ4n) is 2.26. The van der Waals surface area contributed by atoms with Crippen molar-refractivity contribution in [3.8, 4) is 34.3 Å². The summed E-state index contributed by atoms with van der Waals surface area (Å²) >= 11 is 0. The second kappa shape index (κ2) is 6.31. The average molecular weight is 309 g/mol. The predicted octanol–water partition coefficient (Wildman–Crippen LogP) is 2.97. The van der Waals surface area contributed by atoms with Crippen molar-refractivity contribution in [2.24, 2.45) is 0 Å². The van der Waals surface area contributed by atoms with E-state index in [1.807, 2.05) is 24.3 Å². The minimum atomic E-state index is 0.498. The Kier molecular flexibility index (Phi) is 4.05. The van der Waals surface area contributed by atoms with Crippen molar-refractivity contribution >= 4 is 6.29 Å². The molecular formula is C17H15N3O3. The van der Waals surface area contributed by atoms with E-state index >= 15 is 0 Å². The van der Waals surface area contributed by atoms with Gasteiger partial charge in [-0.25, -0.2) is 4.98 Å². The van der Waals surface area contributed by atoms with Crippen LogP contribution in [0.2, 0.25) is 0 Å². The van der Waals surface area contributed by atoms with Gasteiger partial charge in [-0.3, -0.25) is 9.89 Å². The third kappa shape index (κ3) is 2.91. The number of carbonyl (C=O) groups excluding carboxylic acids is 1. The van der Waals surface area contributed by atoms with Gasteiger partial charge in [-0.05, 0) is 12.1 Å². The van der Waals surface area contributed by atoms with Gasteiger partial charge < -0.3 is 9.47 Å². The Morgan fingerprint density at radius 2 is 1.74 bits per heavy atom. The quantitative estimate of drug-likeness (QED) is 0.733. The summed E-state index contributed by atoms with van der Waals surface area (Å²) in [5.74, 6) is 2.33. The number of aldehydes is 1. The molecule has 0 aliphatic heterocycles. The van der Waals surface area contributed by atoms with Crippen LogP contribution < -0.4 is 9.47 Å². The van der Waals surface area contributed by atoms with Crippen LogP contribution in [0.1, 0.15) is 10.4 Å². The van der Waals surface area contributed by atoms with Crippen molar-refractivity contribution in [3.63, 3.8) is 0 Å². The molecule has 0 unspecified atom stereocenters. The zero-order valence-electron chi connectivity index (χ0n) is 12.7. The molecule has 1 heterocycles. The highest BCUT2D eigenvalue weighted by molar-refractivity contribution is 5.85. The van der Waals surface area contributed by atoms with E-state index in [9.17, 15) is 4.79 Å². The molecule has 3 aromatic rings. The molecule has 1 aromatic heterocycles. The molecule has 0 aliphatic rings. The molecule has 116 valence electrons. The Hall–Kier alpha value is -3.15. The van der Waals surface area contributed by atoms with Gasteiger partial charge in [0.25, 0.3) is 0 Å². The Morgan fingerprint density at radius 3 is 2.39 bits per heavy atom. The lowest BCUT2D eigenvalue weighted by atomic mass is 10.1. The number of rotatable bonds is 5. The zero-order chi connectivity index (χ0) is 16.2. The van der Waals surface area contributed by atoms with Gasteiger partial charge in [0.1, 0.15) is 11.5 Å². The second-order valence-corrected chi connectivity index (χ2v) is 4.81. The van der Waals surface area contributed by atoms with Crippen molar-refractivity contribution in [1.82, 2.24) is 15.2 Å². The maximum atomic E-state index is 11.1. The first-order chi connectivity index (χ1) is 11.2. The highest BCUT2D eigenvalue weighted by Crippen LogP contribution is 2.29. The molecule has 6 heteroatoms. The van der Waals surface area contributed by atoms with Gasteiger partial charge in [0.15, 0.2) is 17.9 Å². The fraction of sp³-hybridized carbons (Fsp3) is 0.118. The van der Waals surface area contributed by atoms with Crippen LogP contribution in [0.3, 0.4) is 0 Å². The number of H-pyrrole nitrogens is 1. The summed E-state index contributed by atoms with van der Waals surface area (Å²) in [6.45, 7) is 0. The summed E-state index contributed by atoms with van der Waals surface area (Å²) in [4.78, 5) is 15.6. The first-order valence-corrected chi connectivity index (χ1v) is 6.95. The van der Waals surface area contributed by atoms with E-state index in [1.165, 1.54) is 0 Å². The zero-order valence-corrected chi connectivity index (χ0v) is 12.7. The molecule has 0 radical (unpaired) electrons. The lowest BCUT2D eigenvalue weighted by Gasteiger charge is -2.06. The fourth-order valence-corrected chi connectivity index (χ4v) is 2.26. The van der Waals surface area contributed by atoms with Crippen LogP contribution in [0, 0.1) is 0 Å². The largest absolute Gasteiger partial charge is 0.497 e. The standard InChI is InChI=1S/C17H15N3O3/c1-22-13-7-12(8-14(9-13)23-2)16-18-17(20-19-16)15-6-4-3-5-11(15)10-21/h3-10H,1-2H3,(H,18,19,20). The first kappa shape index (κ1) is 14.8. The van der Waals surface area contributed by atoms with Gasteiger partial charge >= 0.3 is 0 Å². The van der Waals surface area contributed by atoms with E-state index in [2.05, 4.69) is 15.2 Å². The normalized spacial score (nSPS) is 10.3. The number of hydrogen-bond donors (Lipinski definition) is 1. The number of nitrogens with one attached hydrogen (secondary N) is 1. The molecule has 23 heavy (non-hydrogen) atoms. The van der Waals surface area contributed by atoms with Gasteiger partial charge in [0.2, 0.25) is 0 Å². The molecule has 0 saturated carbocycles. The maximum Gasteiger partial charge on any atom is 0.181 e. The third-order valence-corrected chi connectivity index (χ3v) is 3.44. The summed E-state index contributed by atoms with van der Waals surface area (Å²) in [6.07, 6.45) is 0.798. The number of aromatic nitrogens is 3. The topological polar surface area (TPSA) is 77.1 Å². The Balaban J connectivity index is 2.04. The van der Waals surface area contributed by atoms with Gasteiger partial charge in [-0.2, -0.15) is 5.10 Å². The molecule has 0 spiro atoms. The molecule has 0 fully saturated rings. The molecule has 0 amide bonds. The number of ether oxygens (including phenoxy) is 2. The average Bonchev–Trinajstić information content (AvgIpc) is 3.11. The van der Waals surface area contributed by atoms with Crippen LogP contribution in [-0.2, 0) is 0 Å². The third-order valence-electron chi connectivity index (χ3n) is 3.44. The Bertz CT molecular complexity index is 820. The highest BCUT2D eigenvalue weighted by atomic mass is 16.5. The van der Waals surface area contributed by atoms with Crippen molar-refractivity contribution in [1.29, 1.82) is 0 Å². The van der Waals surface area contributed by atoms with E-state index in [-0.39, 0.29) is 0 Å². The maximum absolute atomic E-state index is 11.1. The van der Waals surface area contributed by atoms with Crippen LogP contribution in [0.25, 0.3) is 22.8 Å². The van der Waals surface area contributed by atoms with Crippen LogP contribution in [0.15, 0.2) is 42.5 Å². The van der Waals surface area contributed by atoms with E-state index in [1.54, 1.807) is 32.4 Å². The smallest absolute Gasteiger partial charge is 0.181 e. The number of methoxy groups -OCH3 is 2. The predicted molar refractivity (Wildman–Crippen MR) is 85.7 cm³/mol. The van der Waals surface area contributed by atoms with Gasteiger partial charge in [0, 0.05) is 22.8 Å². The minimum Gasteiger partial charge on any atom is -0.497 e. The summed E-state index contributed by atoms with van der Waals surface area (Å²) in [5.41, 5.74) is 2.02. The molecule has 2 aromatic carbocycles. The van der Waals surface area contributed by atoms with Crippen molar-refractivity contribution in [3.05, 3.63) is 48.0 Å². The molecule has 0 bridgehead atoms. The molecule has 0 saturated heterocycles. The Morgan fingerprint density at radius 1 is 1.04 bits per heavy atom. The van der Waals surface area contributed by atoms with E-state index < -0.39 is 0 Å². The van der Waals surface area contributed by atoms with E-state index in [0.717, 1.165) is 11.8 Å². The first-order valence-electron chi connectivity index (χ1n) is 6.95. The molecule has 6 nitrogen and oxygen atoms in total. The van der Waals surface area contributed by atoms with E-state index in [0.29, 0.717) is 34.3 Å². The number of benzene rings is 2. The summed E-state index contributed by atoms with van der Waals surface area (Å²) in [6, 6.07) is 12.6. The van der Waals surface area contributed by atoms with Crippen LogP contribution in [-0.4, -0.2) is 35.7 Å². The van der Waals surface area contributed by atoms with Crippen molar-refractivity contribution in [2.75, 3.05) is 14.2 Å². The number of carbonyl (C=O) groups is 1. The van der Waals surface area contributed by atoms with Gasteiger partial charge in [0.05, 0.1) is 14.2 Å². The van der Waals surface area contributed by atoms with Crippen LogP contribution >= 0.6 is 0 Å². The minimum absolute atomic E-state index is 0.498. The second-order valence-electron chi connectivity index (χ2n) is 4.81. The van der Waals surface area contributed by atoms with E-state index in [4.69, 9.17) is 9.47 Å². The molecule has 0 aliphatic carbocycles. The monoisotopic (exact) mass is 309 g/mol. The molecule has 0 atom stereocenters. The summed E-state index contributed by atoms with van der Waals surface area (Å²) < 4.78 is 10.5.